The number of pyridine rings is 1. The lowest BCUT2D eigenvalue weighted by Crippen LogP contribution is -2.50. The number of halogens is 7. The summed E-state index contributed by atoms with van der Waals surface area (Å²) in [5.74, 6) is -4.29. The predicted octanol–water partition coefficient (Wildman–Crippen LogP) is 5.74. The molecule has 234 valence electrons. The summed E-state index contributed by atoms with van der Waals surface area (Å²) < 4.78 is 98.7. The Hall–Kier alpha value is -4.83. The molecule has 0 aliphatic carbocycles. The molecule has 0 saturated carbocycles. The number of nitrogens with one attached hydrogen (secondary N) is 2. The highest BCUT2D eigenvalue weighted by atomic mass is 19.4. The maximum atomic E-state index is 13.8. The van der Waals surface area contributed by atoms with Crippen LogP contribution in [0.25, 0.3) is 0 Å². The van der Waals surface area contributed by atoms with Crippen molar-refractivity contribution < 1.29 is 44.7 Å². The molecule has 1 saturated heterocycles. The van der Waals surface area contributed by atoms with Crippen molar-refractivity contribution >= 4 is 35.1 Å². The Bertz CT molecular complexity index is 1530. The number of carbonyl (C=O) groups is 2. The lowest BCUT2D eigenvalue weighted by molar-refractivity contribution is -0.162. The highest BCUT2D eigenvalue weighted by molar-refractivity contribution is 6.03. The van der Waals surface area contributed by atoms with Crippen LogP contribution in [-0.2, 0) is 6.18 Å². The fourth-order valence-electron chi connectivity index (χ4n) is 4.60. The number of amides is 3. The van der Waals surface area contributed by atoms with Crippen molar-refractivity contribution in [2.75, 3.05) is 53.2 Å². The molecule has 1 aromatic carbocycles. The van der Waals surface area contributed by atoms with Gasteiger partial charge in [-0.3, -0.25) is 4.79 Å². The molecule has 0 spiro atoms. The minimum Gasteiger partial charge on any atom is -0.417 e. The van der Waals surface area contributed by atoms with Gasteiger partial charge >= 0.3 is 24.4 Å². The number of urea groups is 1. The smallest absolute Gasteiger partial charge is 0.417 e. The van der Waals surface area contributed by atoms with Crippen LogP contribution in [0, 0.1) is 11.7 Å². The second-order valence-corrected chi connectivity index (χ2v) is 9.89. The van der Waals surface area contributed by atoms with Crippen molar-refractivity contribution in [1.29, 1.82) is 0 Å². The van der Waals surface area contributed by atoms with Crippen LogP contribution in [0.4, 0.5) is 58.7 Å². The lowest BCUT2D eigenvalue weighted by Gasteiger charge is -2.35. The molecule has 0 radical (unpaired) electrons. The molecule has 2 aromatic heterocycles. The zero-order valence-corrected chi connectivity index (χ0v) is 22.6. The molecule has 2 aliphatic rings. The minimum absolute atomic E-state index is 0.0404. The zero-order valence-electron chi connectivity index (χ0n) is 22.6. The number of aromatic nitrogens is 2. The molecule has 10 nitrogen and oxygen atoms in total. The Labute approximate surface area is 245 Å². The van der Waals surface area contributed by atoms with Crippen LogP contribution in [0.3, 0.4) is 0 Å². The van der Waals surface area contributed by atoms with Crippen LogP contribution in [0.5, 0.6) is 0 Å². The van der Waals surface area contributed by atoms with Crippen molar-refractivity contribution in [1.82, 2.24) is 14.9 Å². The summed E-state index contributed by atoms with van der Waals surface area (Å²) in [4.78, 5) is 37.2. The van der Waals surface area contributed by atoms with Gasteiger partial charge in [0, 0.05) is 38.9 Å². The zero-order chi connectivity index (χ0) is 31.6. The number of para-hydroxylation sites is 1. The van der Waals surface area contributed by atoms with Gasteiger partial charge in [0.25, 0.3) is 5.91 Å². The second-order valence-electron chi connectivity index (χ2n) is 9.89. The maximum absolute atomic E-state index is 13.8. The fraction of sp³-hybridized carbons (Fsp3) is 0.333. The Morgan fingerprint density at radius 1 is 0.932 bits per heavy atom. The van der Waals surface area contributed by atoms with Gasteiger partial charge in [-0.25, -0.2) is 14.2 Å². The van der Waals surface area contributed by atoms with Crippen LogP contribution in [0.15, 0.2) is 59.3 Å². The third-order valence-electron chi connectivity index (χ3n) is 6.95. The number of carbonyl (C=O) groups excluding carboxylic acids is 2. The number of benzene rings is 1. The average Bonchev–Trinajstić information content (AvgIpc) is 3.45. The number of hydrogen-bond acceptors (Lipinski definition) is 7. The Balaban J connectivity index is 1.20. The molecule has 2 aliphatic heterocycles. The molecule has 4 heterocycles. The van der Waals surface area contributed by atoms with E-state index < -0.39 is 59.9 Å². The van der Waals surface area contributed by atoms with Crippen molar-refractivity contribution in [3.8, 4) is 0 Å². The predicted molar refractivity (Wildman–Crippen MR) is 144 cm³/mol. The summed E-state index contributed by atoms with van der Waals surface area (Å²) in [6.45, 7) is 1.05. The topological polar surface area (TPSA) is 107 Å². The molecule has 5 rings (SSSR count). The van der Waals surface area contributed by atoms with Gasteiger partial charge in [-0.05, 0) is 30.7 Å². The summed E-state index contributed by atoms with van der Waals surface area (Å²) in [6.07, 6.45) is -7.08. The number of alkyl halides is 6. The monoisotopic (exact) mass is 627 g/mol. The number of nitrogens with zero attached hydrogens (tertiary/aromatic N) is 5. The van der Waals surface area contributed by atoms with Gasteiger partial charge in [0.1, 0.15) is 11.6 Å². The maximum Gasteiger partial charge on any atom is 0.437 e. The summed E-state index contributed by atoms with van der Waals surface area (Å²) in [5, 5.41) is 4.79. The summed E-state index contributed by atoms with van der Waals surface area (Å²) in [6, 6.07) is 7.58. The third kappa shape index (κ3) is 6.86. The molecule has 0 bridgehead atoms. The van der Waals surface area contributed by atoms with Crippen molar-refractivity contribution in [2.45, 2.75) is 18.8 Å². The normalized spacial score (nSPS) is 17.5. The molecule has 1 atom stereocenters. The Morgan fingerprint density at radius 3 is 2.25 bits per heavy atom. The van der Waals surface area contributed by atoms with Crippen LogP contribution < -0.4 is 20.4 Å². The van der Waals surface area contributed by atoms with Gasteiger partial charge in [-0.1, -0.05) is 18.2 Å². The van der Waals surface area contributed by atoms with Crippen LogP contribution in [-0.4, -0.2) is 65.7 Å². The third-order valence-corrected chi connectivity index (χ3v) is 6.95. The second kappa shape index (κ2) is 12.0. The van der Waals surface area contributed by atoms with Crippen LogP contribution in [0.1, 0.15) is 22.7 Å². The number of allylic oxidation sites excluding steroid dienone is 1. The van der Waals surface area contributed by atoms with E-state index in [9.17, 15) is 40.3 Å². The van der Waals surface area contributed by atoms with E-state index in [1.54, 1.807) is 6.07 Å². The summed E-state index contributed by atoms with van der Waals surface area (Å²) in [7, 11) is 0. The van der Waals surface area contributed by atoms with Gasteiger partial charge in [0.05, 0.1) is 23.5 Å². The van der Waals surface area contributed by atoms with Crippen LogP contribution in [0.2, 0.25) is 0 Å². The van der Waals surface area contributed by atoms with Crippen LogP contribution >= 0.6 is 0 Å². The largest absolute Gasteiger partial charge is 0.437 e. The SMILES string of the molecule is O=C(Nc1ccc(N2CCN(C(=O)Nc3ccccc3F)CC2)nc1)c1oc(N2C=CC(C(F)(F)F)CC2)nc1C(F)(F)F. The van der Waals surface area contributed by atoms with Gasteiger partial charge in [-0.2, -0.15) is 31.3 Å². The molecule has 2 N–H and O–H groups in total. The van der Waals surface area contributed by atoms with E-state index in [4.69, 9.17) is 4.42 Å². The molecule has 3 aromatic rings. The fourth-order valence-corrected chi connectivity index (χ4v) is 4.60. The molecule has 1 unspecified atom stereocenters. The molecular formula is C27H24F7N7O3. The van der Waals surface area contributed by atoms with Crippen molar-refractivity contribution in [3.63, 3.8) is 0 Å². The molecule has 1 fully saturated rings. The summed E-state index contributed by atoms with van der Waals surface area (Å²) >= 11 is 0. The quantitative estimate of drug-likeness (QED) is 0.348. The molecule has 3 amide bonds. The minimum atomic E-state index is -5.08. The van der Waals surface area contributed by atoms with Gasteiger partial charge < -0.3 is 29.8 Å². The Kier molecular flexibility index (Phi) is 8.38. The first-order valence-electron chi connectivity index (χ1n) is 13.2. The Morgan fingerprint density at radius 2 is 1.66 bits per heavy atom. The number of hydrogen-bond donors (Lipinski definition) is 2. The number of anilines is 4. The molecule has 44 heavy (non-hydrogen) atoms. The first kappa shape index (κ1) is 30.6. The first-order valence-corrected chi connectivity index (χ1v) is 13.2. The van der Waals surface area contributed by atoms with Gasteiger partial charge in [0.15, 0.2) is 5.69 Å². The van der Waals surface area contributed by atoms with E-state index in [-0.39, 0.29) is 17.9 Å². The number of oxazole rings is 1. The standard InChI is InChI=1S/C27H24F7N7O3/c28-18-3-1-2-4-19(18)37-24(43)40-13-11-39(12-14-40)20-6-5-17(15-35-20)36-23(42)21-22(27(32,33)34)38-25(44-21)41-9-7-16(8-10-41)26(29,30)31/h1-7,9,15-16H,8,10-14H2,(H,36,42)(H,37,43). The van der Waals surface area contributed by atoms with E-state index >= 15 is 0 Å². The number of rotatable bonds is 5. The van der Waals surface area contributed by atoms with Crippen molar-refractivity contribution in [3.05, 3.63) is 72.1 Å². The highest BCUT2D eigenvalue weighted by Crippen LogP contribution is 2.37. The van der Waals surface area contributed by atoms with Gasteiger partial charge in [-0.15, -0.1) is 0 Å². The highest BCUT2D eigenvalue weighted by Gasteiger charge is 2.43. The lowest BCUT2D eigenvalue weighted by atomic mass is 10.0. The van der Waals surface area contributed by atoms with E-state index in [0.29, 0.717) is 32.0 Å². The van der Waals surface area contributed by atoms with E-state index in [1.165, 1.54) is 41.4 Å². The summed E-state index contributed by atoms with van der Waals surface area (Å²) in [5.41, 5.74) is -1.53. The van der Waals surface area contributed by atoms with E-state index in [2.05, 4.69) is 20.6 Å². The van der Waals surface area contributed by atoms with Gasteiger partial charge in [0.2, 0.25) is 5.76 Å². The van der Waals surface area contributed by atoms with E-state index in [1.807, 2.05) is 4.90 Å². The molecular weight excluding hydrogens is 603 g/mol. The number of piperazine rings is 1. The molecule has 17 heteroatoms. The van der Waals surface area contributed by atoms with Crippen molar-refractivity contribution in [2.24, 2.45) is 5.92 Å². The first-order chi connectivity index (χ1) is 20.8. The van der Waals surface area contributed by atoms with E-state index in [0.717, 1.165) is 17.2 Å². The average molecular weight is 628 g/mol.